The van der Waals surface area contributed by atoms with Gasteiger partial charge in [0.2, 0.25) is 0 Å². The molecule has 19 heavy (non-hydrogen) atoms. The lowest BCUT2D eigenvalue weighted by Gasteiger charge is -2.11. The van der Waals surface area contributed by atoms with Crippen molar-refractivity contribution in [1.29, 1.82) is 0 Å². The van der Waals surface area contributed by atoms with Crippen LogP contribution in [0.15, 0.2) is 40.2 Å². The first kappa shape index (κ1) is 14.6. The van der Waals surface area contributed by atoms with Crippen LogP contribution in [0, 0.1) is 0 Å². The molecule has 0 spiro atoms. The molecule has 0 radical (unpaired) electrons. The zero-order valence-electron chi connectivity index (χ0n) is 9.80. The first-order valence-electron chi connectivity index (χ1n) is 5.55. The molecule has 0 aliphatic rings. The third kappa shape index (κ3) is 4.06. The summed E-state index contributed by atoms with van der Waals surface area (Å²) in [6.45, 7) is 1.07. The average molecular weight is 350 g/mol. The molecule has 2 aromatic rings. The normalized spacial score (nSPS) is 11.8. The van der Waals surface area contributed by atoms with E-state index >= 15 is 0 Å². The summed E-state index contributed by atoms with van der Waals surface area (Å²) in [7, 11) is 0. The van der Waals surface area contributed by atoms with Crippen molar-refractivity contribution in [2.75, 3.05) is 0 Å². The van der Waals surface area contributed by atoms with Crippen LogP contribution in [-0.4, -0.2) is 0 Å². The highest BCUT2D eigenvalue weighted by atomic mass is 79.9. The van der Waals surface area contributed by atoms with Gasteiger partial charge in [-0.2, -0.15) is 13.2 Å². The average Bonchev–Trinajstić information content (AvgIpc) is 2.83. The van der Waals surface area contributed by atoms with Gasteiger partial charge in [0.25, 0.3) is 0 Å². The molecule has 0 fully saturated rings. The Bertz CT molecular complexity index is 537. The van der Waals surface area contributed by atoms with Crippen molar-refractivity contribution in [3.8, 4) is 0 Å². The maximum atomic E-state index is 12.7. The van der Waals surface area contributed by atoms with E-state index in [1.807, 2.05) is 17.5 Å². The maximum absolute atomic E-state index is 12.7. The van der Waals surface area contributed by atoms with Crippen LogP contribution in [-0.2, 0) is 19.3 Å². The van der Waals surface area contributed by atoms with Crippen molar-refractivity contribution < 1.29 is 13.2 Å². The van der Waals surface area contributed by atoms with Crippen molar-refractivity contribution in [3.05, 3.63) is 56.2 Å². The van der Waals surface area contributed by atoms with Gasteiger partial charge in [-0.05, 0) is 29.1 Å². The van der Waals surface area contributed by atoms with Crippen LogP contribution in [0.5, 0.6) is 0 Å². The van der Waals surface area contributed by atoms with Crippen LogP contribution in [0.25, 0.3) is 0 Å². The third-order valence-corrected chi connectivity index (χ3v) is 4.11. The molecule has 1 aromatic heterocycles. The lowest BCUT2D eigenvalue weighted by atomic mass is 10.1. The molecule has 0 amide bonds. The predicted octanol–water partition coefficient (Wildman–Crippen LogP) is 4.82. The molecule has 0 bridgehead atoms. The van der Waals surface area contributed by atoms with Crippen molar-refractivity contribution in [2.24, 2.45) is 0 Å². The summed E-state index contributed by atoms with van der Waals surface area (Å²) in [5, 5.41) is 5.10. The molecule has 0 saturated carbocycles. The number of nitrogens with one attached hydrogen (secondary N) is 1. The van der Waals surface area contributed by atoms with E-state index in [4.69, 9.17) is 0 Å². The lowest BCUT2D eigenvalue weighted by molar-refractivity contribution is -0.138. The van der Waals surface area contributed by atoms with Gasteiger partial charge < -0.3 is 5.32 Å². The minimum atomic E-state index is -4.33. The molecule has 1 nitrogen and oxygen atoms in total. The summed E-state index contributed by atoms with van der Waals surface area (Å²) in [5.41, 5.74) is -0.0185. The molecular weight excluding hydrogens is 339 g/mol. The van der Waals surface area contributed by atoms with Gasteiger partial charge in [0.1, 0.15) is 0 Å². The van der Waals surface area contributed by atoms with Crippen LogP contribution in [0.1, 0.15) is 16.0 Å². The van der Waals surface area contributed by atoms with Gasteiger partial charge in [-0.15, -0.1) is 11.3 Å². The highest BCUT2D eigenvalue weighted by molar-refractivity contribution is 9.10. The summed E-state index contributed by atoms with van der Waals surface area (Å²) < 4.78 is 38.2. The van der Waals surface area contributed by atoms with Crippen LogP contribution in [0.3, 0.4) is 0 Å². The fourth-order valence-corrected chi connectivity index (χ4v) is 2.79. The minimum absolute atomic E-state index is 0.0713. The van der Waals surface area contributed by atoms with Crippen LogP contribution >= 0.6 is 27.3 Å². The first-order chi connectivity index (χ1) is 8.97. The number of rotatable bonds is 4. The summed E-state index contributed by atoms with van der Waals surface area (Å²) in [4.78, 5) is 1.16. The molecule has 0 aliphatic carbocycles. The summed E-state index contributed by atoms with van der Waals surface area (Å²) in [5.74, 6) is 0. The Morgan fingerprint density at radius 2 is 1.95 bits per heavy atom. The molecule has 0 aliphatic heterocycles. The highest BCUT2D eigenvalue weighted by Crippen LogP contribution is 2.35. The Balaban J connectivity index is 2.01. The molecule has 1 heterocycles. The smallest absolute Gasteiger partial charge is 0.308 e. The fourth-order valence-electron chi connectivity index (χ4n) is 1.64. The summed E-state index contributed by atoms with van der Waals surface area (Å²) >= 11 is 4.55. The second-order valence-corrected chi connectivity index (χ2v) is 5.88. The molecule has 0 atom stereocenters. The molecule has 0 saturated heterocycles. The van der Waals surface area contributed by atoms with Gasteiger partial charge in [-0.3, -0.25) is 0 Å². The summed E-state index contributed by atoms with van der Waals surface area (Å²) in [6.07, 6.45) is -4.33. The van der Waals surface area contributed by atoms with Crippen LogP contribution in [0.4, 0.5) is 13.2 Å². The number of halogens is 4. The SMILES string of the molecule is FC(F)(F)c1cc(CNCc2cccs2)ccc1Br. The molecule has 2 rings (SSSR count). The van der Waals surface area contributed by atoms with Crippen molar-refractivity contribution in [2.45, 2.75) is 19.3 Å². The third-order valence-electron chi connectivity index (χ3n) is 2.54. The number of hydrogen-bond donors (Lipinski definition) is 1. The molecule has 6 heteroatoms. The quantitative estimate of drug-likeness (QED) is 0.834. The van der Waals surface area contributed by atoms with E-state index in [1.165, 1.54) is 12.1 Å². The largest absolute Gasteiger partial charge is 0.417 e. The Hall–Kier alpha value is -0.850. The molecule has 0 unspecified atom stereocenters. The Labute approximate surface area is 121 Å². The Morgan fingerprint density at radius 3 is 2.58 bits per heavy atom. The van der Waals surface area contributed by atoms with E-state index in [2.05, 4.69) is 21.2 Å². The first-order valence-corrected chi connectivity index (χ1v) is 7.23. The monoisotopic (exact) mass is 349 g/mol. The van der Waals surface area contributed by atoms with Gasteiger partial charge in [-0.25, -0.2) is 0 Å². The van der Waals surface area contributed by atoms with Gasteiger partial charge in [0.05, 0.1) is 5.56 Å². The standard InChI is InChI=1S/C13H11BrF3NS/c14-12-4-3-9(6-11(12)13(15,16)17)7-18-8-10-2-1-5-19-10/h1-6,18H,7-8H2. The molecular formula is C13H11BrF3NS. The van der Waals surface area contributed by atoms with E-state index in [0.717, 1.165) is 4.88 Å². The second-order valence-electron chi connectivity index (χ2n) is 3.99. The van der Waals surface area contributed by atoms with Gasteiger partial charge in [-0.1, -0.05) is 28.1 Å². The van der Waals surface area contributed by atoms with E-state index < -0.39 is 11.7 Å². The van der Waals surface area contributed by atoms with E-state index in [1.54, 1.807) is 17.4 Å². The van der Waals surface area contributed by atoms with Gasteiger partial charge >= 0.3 is 6.18 Å². The highest BCUT2D eigenvalue weighted by Gasteiger charge is 2.32. The minimum Gasteiger partial charge on any atom is -0.308 e. The topological polar surface area (TPSA) is 12.0 Å². The Kier molecular flexibility index (Phi) is 4.65. The second kappa shape index (κ2) is 6.07. The van der Waals surface area contributed by atoms with Crippen molar-refractivity contribution in [1.82, 2.24) is 5.32 Å². The molecule has 1 N–H and O–H groups in total. The van der Waals surface area contributed by atoms with Crippen molar-refractivity contribution in [3.63, 3.8) is 0 Å². The maximum Gasteiger partial charge on any atom is 0.417 e. The lowest BCUT2D eigenvalue weighted by Crippen LogP contribution is -2.13. The van der Waals surface area contributed by atoms with Crippen LogP contribution < -0.4 is 5.32 Å². The zero-order chi connectivity index (χ0) is 13.9. The molecule has 102 valence electrons. The van der Waals surface area contributed by atoms with E-state index in [-0.39, 0.29) is 4.47 Å². The fraction of sp³-hybridized carbons (Fsp3) is 0.231. The zero-order valence-corrected chi connectivity index (χ0v) is 12.2. The van der Waals surface area contributed by atoms with E-state index in [9.17, 15) is 13.2 Å². The summed E-state index contributed by atoms with van der Waals surface area (Å²) in [6, 6.07) is 8.22. The van der Waals surface area contributed by atoms with Crippen molar-refractivity contribution >= 4 is 27.3 Å². The number of thiophene rings is 1. The predicted molar refractivity (Wildman–Crippen MR) is 74.0 cm³/mol. The molecule has 1 aromatic carbocycles. The number of hydrogen-bond acceptors (Lipinski definition) is 2. The van der Waals surface area contributed by atoms with Gasteiger partial charge in [0.15, 0.2) is 0 Å². The number of alkyl halides is 3. The van der Waals surface area contributed by atoms with Crippen LogP contribution in [0.2, 0.25) is 0 Å². The Morgan fingerprint density at radius 1 is 1.16 bits per heavy atom. The van der Waals surface area contributed by atoms with Gasteiger partial charge in [0, 0.05) is 22.4 Å². The van der Waals surface area contributed by atoms with E-state index in [0.29, 0.717) is 18.7 Å². The number of benzene rings is 1.